The minimum atomic E-state index is 0.235. The summed E-state index contributed by atoms with van der Waals surface area (Å²) < 4.78 is 10.3. The SMILES string of the molecule is CNc1nc(Nc2cc(C)ccc2OC)nc(OC)n1. The quantitative estimate of drug-likeness (QED) is 0.863. The van der Waals surface area contributed by atoms with E-state index in [1.54, 1.807) is 14.2 Å². The van der Waals surface area contributed by atoms with E-state index in [1.807, 2.05) is 25.1 Å². The Bertz CT molecular complexity index is 581. The zero-order valence-electron chi connectivity index (χ0n) is 11.9. The molecule has 0 saturated heterocycles. The molecular formula is C13H17N5O2. The molecule has 0 saturated carbocycles. The average molecular weight is 275 g/mol. The van der Waals surface area contributed by atoms with Gasteiger partial charge in [0.2, 0.25) is 11.9 Å². The lowest BCUT2D eigenvalue weighted by atomic mass is 10.2. The zero-order chi connectivity index (χ0) is 14.5. The van der Waals surface area contributed by atoms with E-state index in [9.17, 15) is 0 Å². The van der Waals surface area contributed by atoms with Gasteiger partial charge in [-0.15, -0.1) is 0 Å². The van der Waals surface area contributed by atoms with E-state index in [0.717, 1.165) is 11.3 Å². The van der Waals surface area contributed by atoms with Crippen molar-refractivity contribution in [2.24, 2.45) is 0 Å². The number of rotatable bonds is 5. The van der Waals surface area contributed by atoms with Gasteiger partial charge in [0.25, 0.3) is 0 Å². The highest BCUT2D eigenvalue weighted by molar-refractivity contribution is 5.64. The van der Waals surface area contributed by atoms with Gasteiger partial charge in [0.15, 0.2) is 0 Å². The van der Waals surface area contributed by atoms with Crippen LogP contribution in [0.2, 0.25) is 0 Å². The molecule has 20 heavy (non-hydrogen) atoms. The van der Waals surface area contributed by atoms with Gasteiger partial charge in [-0.05, 0) is 24.6 Å². The van der Waals surface area contributed by atoms with Crippen LogP contribution in [0.15, 0.2) is 18.2 Å². The van der Waals surface area contributed by atoms with Crippen LogP contribution >= 0.6 is 0 Å². The molecule has 1 heterocycles. The van der Waals surface area contributed by atoms with Crippen LogP contribution < -0.4 is 20.1 Å². The number of methoxy groups -OCH3 is 2. The Hall–Kier alpha value is -2.57. The molecule has 0 atom stereocenters. The summed E-state index contributed by atoms with van der Waals surface area (Å²) in [5.74, 6) is 1.51. The molecule has 0 radical (unpaired) electrons. The Labute approximate surface area is 117 Å². The highest BCUT2D eigenvalue weighted by Crippen LogP contribution is 2.27. The minimum Gasteiger partial charge on any atom is -0.495 e. The number of aryl methyl sites for hydroxylation is 1. The molecule has 0 aliphatic heterocycles. The van der Waals surface area contributed by atoms with Gasteiger partial charge in [0, 0.05) is 7.05 Å². The highest BCUT2D eigenvalue weighted by atomic mass is 16.5. The highest BCUT2D eigenvalue weighted by Gasteiger charge is 2.09. The fraction of sp³-hybridized carbons (Fsp3) is 0.308. The molecule has 0 bridgehead atoms. The Morgan fingerprint density at radius 3 is 2.40 bits per heavy atom. The van der Waals surface area contributed by atoms with E-state index < -0.39 is 0 Å². The van der Waals surface area contributed by atoms with Gasteiger partial charge in [-0.25, -0.2) is 0 Å². The Morgan fingerprint density at radius 1 is 1.00 bits per heavy atom. The topological polar surface area (TPSA) is 81.2 Å². The number of anilines is 3. The summed E-state index contributed by atoms with van der Waals surface area (Å²) in [6.45, 7) is 2.00. The number of nitrogens with one attached hydrogen (secondary N) is 2. The van der Waals surface area contributed by atoms with Crippen molar-refractivity contribution in [3.05, 3.63) is 23.8 Å². The lowest BCUT2D eigenvalue weighted by molar-refractivity contribution is 0.379. The first-order valence-electron chi connectivity index (χ1n) is 6.05. The molecule has 2 rings (SSSR count). The number of ether oxygens (including phenoxy) is 2. The largest absolute Gasteiger partial charge is 0.495 e. The van der Waals surface area contributed by atoms with Crippen molar-refractivity contribution in [2.45, 2.75) is 6.92 Å². The molecule has 2 N–H and O–H groups in total. The second kappa shape index (κ2) is 6.05. The summed E-state index contributed by atoms with van der Waals surface area (Å²) in [5.41, 5.74) is 1.88. The fourth-order valence-corrected chi connectivity index (χ4v) is 1.66. The Morgan fingerprint density at radius 2 is 1.75 bits per heavy atom. The standard InChI is InChI=1S/C13H17N5O2/c1-8-5-6-10(19-3)9(7-8)15-12-16-11(14-2)17-13(18-12)20-4/h5-7H,1-4H3,(H2,14,15,16,17,18). The van der Waals surface area contributed by atoms with Crippen LogP contribution in [0.4, 0.5) is 17.6 Å². The molecule has 2 aromatic rings. The normalized spacial score (nSPS) is 10.0. The van der Waals surface area contributed by atoms with Gasteiger partial charge >= 0.3 is 6.01 Å². The maximum Gasteiger partial charge on any atom is 0.322 e. The molecule has 1 aromatic carbocycles. The van der Waals surface area contributed by atoms with Crippen LogP contribution in [0.3, 0.4) is 0 Å². The van der Waals surface area contributed by atoms with Gasteiger partial charge in [0.05, 0.1) is 19.9 Å². The molecule has 1 aromatic heterocycles. The average Bonchev–Trinajstić information content (AvgIpc) is 2.47. The second-order valence-electron chi connectivity index (χ2n) is 4.05. The van der Waals surface area contributed by atoms with Gasteiger partial charge in [-0.2, -0.15) is 15.0 Å². The Balaban J connectivity index is 2.36. The number of aromatic nitrogens is 3. The number of hydrogen-bond acceptors (Lipinski definition) is 7. The van der Waals surface area contributed by atoms with E-state index in [1.165, 1.54) is 7.11 Å². The van der Waals surface area contributed by atoms with Crippen LogP contribution in [0.1, 0.15) is 5.56 Å². The molecule has 0 unspecified atom stereocenters. The van der Waals surface area contributed by atoms with Crippen LogP contribution in [-0.2, 0) is 0 Å². The first-order valence-corrected chi connectivity index (χ1v) is 6.05. The van der Waals surface area contributed by atoms with E-state index in [2.05, 4.69) is 25.6 Å². The van der Waals surface area contributed by atoms with Crippen molar-refractivity contribution >= 4 is 17.6 Å². The van der Waals surface area contributed by atoms with Crippen LogP contribution in [0.5, 0.6) is 11.8 Å². The molecule has 0 aliphatic carbocycles. The maximum atomic E-state index is 5.31. The van der Waals surface area contributed by atoms with Gasteiger partial charge in [-0.3, -0.25) is 0 Å². The first kappa shape index (κ1) is 13.9. The summed E-state index contributed by atoms with van der Waals surface area (Å²) in [6, 6.07) is 6.04. The zero-order valence-corrected chi connectivity index (χ0v) is 11.9. The summed E-state index contributed by atoms with van der Waals surface area (Å²) >= 11 is 0. The number of hydrogen-bond donors (Lipinski definition) is 2. The minimum absolute atomic E-state index is 0.235. The van der Waals surface area contributed by atoms with Crippen LogP contribution in [0, 0.1) is 6.92 Å². The van der Waals surface area contributed by atoms with Gasteiger partial charge < -0.3 is 20.1 Å². The third kappa shape index (κ3) is 3.05. The number of nitrogens with zero attached hydrogens (tertiary/aromatic N) is 3. The molecule has 0 amide bonds. The van der Waals surface area contributed by atoms with Crippen LogP contribution in [0.25, 0.3) is 0 Å². The second-order valence-corrected chi connectivity index (χ2v) is 4.05. The summed E-state index contributed by atoms with van der Waals surface area (Å²) in [5, 5.41) is 5.96. The van der Waals surface area contributed by atoms with Crippen molar-refractivity contribution in [1.29, 1.82) is 0 Å². The molecule has 0 fully saturated rings. The maximum absolute atomic E-state index is 5.31. The molecule has 0 spiro atoms. The Kier molecular flexibility index (Phi) is 4.19. The predicted octanol–water partition coefficient (Wildman–Crippen LogP) is 1.98. The first-order chi connectivity index (χ1) is 9.66. The predicted molar refractivity (Wildman–Crippen MR) is 76.9 cm³/mol. The molecule has 0 aliphatic rings. The van der Waals surface area contributed by atoms with E-state index in [-0.39, 0.29) is 6.01 Å². The van der Waals surface area contributed by atoms with Crippen molar-refractivity contribution in [3.63, 3.8) is 0 Å². The van der Waals surface area contributed by atoms with E-state index >= 15 is 0 Å². The smallest absolute Gasteiger partial charge is 0.322 e. The van der Waals surface area contributed by atoms with E-state index in [4.69, 9.17) is 9.47 Å². The lowest BCUT2D eigenvalue weighted by Crippen LogP contribution is -2.06. The van der Waals surface area contributed by atoms with Crippen molar-refractivity contribution in [3.8, 4) is 11.8 Å². The number of benzene rings is 1. The molecular weight excluding hydrogens is 258 g/mol. The van der Waals surface area contributed by atoms with Gasteiger partial charge in [-0.1, -0.05) is 6.07 Å². The molecule has 7 nitrogen and oxygen atoms in total. The third-order valence-corrected chi connectivity index (χ3v) is 2.62. The molecule has 7 heteroatoms. The lowest BCUT2D eigenvalue weighted by Gasteiger charge is -2.11. The summed E-state index contributed by atoms with van der Waals surface area (Å²) in [4.78, 5) is 12.4. The molecule has 106 valence electrons. The fourth-order valence-electron chi connectivity index (χ4n) is 1.66. The third-order valence-electron chi connectivity index (χ3n) is 2.62. The van der Waals surface area contributed by atoms with Crippen molar-refractivity contribution in [1.82, 2.24) is 15.0 Å². The summed E-state index contributed by atoms with van der Waals surface area (Å²) in [7, 11) is 4.85. The van der Waals surface area contributed by atoms with Crippen molar-refractivity contribution in [2.75, 3.05) is 31.9 Å². The van der Waals surface area contributed by atoms with E-state index in [0.29, 0.717) is 17.6 Å². The van der Waals surface area contributed by atoms with Crippen LogP contribution in [-0.4, -0.2) is 36.2 Å². The van der Waals surface area contributed by atoms with Gasteiger partial charge in [0.1, 0.15) is 5.75 Å². The monoisotopic (exact) mass is 275 g/mol. The summed E-state index contributed by atoms with van der Waals surface area (Å²) in [6.07, 6.45) is 0. The van der Waals surface area contributed by atoms with Crippen molar-refractivity contribution < 1.29 is 9.47 Å².